The molecule has 1 aliphatic rings. The Morgan fingerprint density at radius 1 is 1.19 bits per heavy atom. The molecule has 1 aromatic heterocycles. The molecule has 6 nitrogen and oxygen atoms in total. The van der Waals surface area contributed by atoms with Crippen molar-refractivity contribution < 1.29 is 9.18 Å². The number of nitrogens with one attached hydrogen (secondary N) is 1. The highest BCUT2D eigenvalue weighted by molar-refractivity contribution is 6.30. The zero-order valence-corrected chi connectivity index (χ0v) is 21.9. The second-order valence-corrected chi connectivity index (χ2v) is 10.4. The van der Waals surface area contributed by atoms with Crippen LogP contribution in [0.1, 0.15) is 71.2 Å². The molecule has 1 unspecified atom stereocenters. The SMILES string of the molecule is CCC(c1nc2ccccc2c(=O)n1-c1ccc(F)c(Cl)c1)N(CC(C)C)C(=O)NC1CCCCC1. The van der Waals surface area contributed by atoms with Gasteiger partial charge in [0.1, 0.15) is 11.6 Å². The van der Waals surface area contributed by atoms with Crippen molar-refractivity contribution in [1.82, 2.24) is 19.8 Å². The Bertz CT molecular complexity index is 1290. The highest BCUT2D eigenvalue weighted by atomic mass is 35.5. The zero-order chi connectivity index (χ0) is 25.8. The van der Waals surface area contributed by atoms with Crippen LogP contribution in [0.4, 0.5) is 9.18 Å². The van der Waals surface area contributed by atoms with E-state index < -0.39 is 11.9 Å². The summed E-state index contributed by atoms with van der Waals surface area (Å²) in [6, 6.07) is 10.9. The molecule has 0 bridgehead atoms. The molecule has 3 aromatic rings. The second kappa shape index (κ2) is 11.4. The second-order valence-electron chi connectivity index (χ2n) is 9.98. The van der Waals surface area contributed by atoms with E-state index >= 15 is 0 Å². The van der Waals surface area contributed by atoms with E-state index in [0.29, 0.717) is 35.4 Å². The molecular weight excluding hydrogens is 479 g/mol. The van der Waals surface area contributed by atoms with Crippen LogP contribution in [-0.2, 0) is 0 Å². The highest BCUT2D eigenvalue weighted by Gasteiger charge is 2.31. The van der Waals surface area contributed by atoms with Gasteiger partial charge in [0.2, 0.25) is 0 Å². The Balaban J connectivity index is 1.86. The van der Waals surface area contributed by atoms with E-state index in [-0.39, 0.29) is 28.6 Å². The molecule has 1 aliphatic carbocycles. The van der Waals surface area contributed by atoms with Gasteiger partial charge >= 0.3 is 6.03 Å². The Kier molecular flexibility index (Phi) is 8.29. The molecule has 1 atom stereocenters. The highest BCUT2D eigenvalue weighted by Crippen LogP contribution is 2.29. The van der Waals surface area contributed by atoms with E-state index in [1.54, 1.807) is 23.1 Å². The first-order valence-electron chi connectivity index (χ1n) is 12.8. The third-order valence-electron chi connectivity index (χ3n) is 6.78. The lowest BCUT2D eigenvalue weighted by Crippen LogP contribution is -2.49. The fourth-order valence-electron chi connectivity index (χ4n) is 5.04. The number of urea groups is 1. The predicted molar refractivity (Wildman–Crippen MR) is 142 cm³/mol. The Morgan fingerprint density at radius 2 is 1.92 bits per heavy atom. The van der Waals surface area contributed by atoms with Gasteiger partial charge in [-0.25, -0.2) is 14.2 Å². The summed E-state index contributed by atoms with van der Waals surface area (Å²) in [4.78, 5) is 34.1. The average molecular weight is 513 g/mol. The molecule has 2 aromatic carbocycles. The van der Waals surface area contributed by atoms with Crippen LogP contribution in [-0.4, -0.2) is 33.1 Å². The normalized spacial score (nSPS) is 15.3. The van der Waals surface area contributed by atoms with Crippen LogP contribution >= 0.6 is 11.6 Å². The van der Waals surface area contributed by atoms with Gasteiger partial charge in [-0.2, -0.15) is 0 Å². The van der Waals surface area contributed by atoms with Gasteiger partial charge in [0.25, 0.3) is 5.56 Å². The van der Waals surface area contributed by atoms with Crippen LogP contribution in [0.25, 0.3) is 16.6 Å². The smallest absolute Gasteiger partial charge is 0.318 e. The third kappa shape index (κ3) is 5.56. The van der Waals surface area contributed by atoms with Crippen LogP contribution in [0.15, 0.2) is 47.3 Å². The fourth-order valence-corrected chi connectivity index (χ4v) is 5.21. The number of benzene rings is 2. The van der Waals surface area contributed by atoms with Crippen molar-refractivity contribution in [3.8, 4) is 5.69 Å². The Hall–Kier alpha value is -2.93. The molecule has 1 heterocycles. The first-order chi connectivity index (χ1) is 17.3. The predicted octanol–water partition coefficient (Wildman–Crippen LogP) is 6.63. The molecule has 2 amide bonds. The van der Waals surface area contributed by atoms with E-state index in [1.165, 1.54) is 29.2 Å². The summed E-state index contributed by atoms with van der Waals surface area (Å²) in [6.45, 7) is 6.61. The maximum absolute atomic E-state index is 14.0. The summed E-state index contributed by atoms with van der Waals surface area (Å²) < 4.78 is 15.5. The minimum absolute atomic E-state index is 0.0827. The lowest BCUT2D eigenvalue weighted by molar-refractivity contribution is 0.152. The van der Waals surface area contributed by atoms with Crippen molar-refractivity contribution in [2.45, 2.75) is 71.4 Å². The van der Waals surface area contributed by atoms with E-state index in [1.807, 2.05) is 13.0 Å². The summed E-state index contributed by atoms with van der Waals surface area (Å²) in [5.41, 5.74) is 0.682. The molecule has 0 spiro atoms. The topological polar surface area (TPSA) is 67.2 Å². The number of para-hydroxylation sites is 1. The summed E-state index contributed by atoms with van der Waals surface area (Å²) in [6.07, 6.45) is 5.93. The van der Waals surface area contributed by atoms with Crippen molar-refractivity contribution >= 4 is 28.5 Å². The first kappa shape index (κ1) is 26.1. The Morgan fingerprint density at radius 3 is 2.58 bits per heavy atom. The largest absolute Gasteiger partial charge is 0.335 e. The van der Waals surface area contributed by atoms with Gasteiger partial charge in [-0.15, -0.1) is 0 Å². The van der Waals surface area contributed by atoms with Gasteiger partial charge in [-0.05, 0) is 55.5 Å². The van der Waals surface area contributed by atoms with Crippen molar-refractivity contribution in [3.05, 3.63) is 69.5 Å². The van der Waals surface area contributed by atoms with Gasteiger partial charge in [0, 0.05) is 12.6 Å². The number of aromatic nitrogens is 2. The van der Waals surface area contributed by atoms with Crippen LogP contribution in [0.3, 0.4) is 0 Å². The number of fused-ring (bicyclic) bond motifs is 1. The van der Waals surface area contributed by atoms with Crippen LogP contribution in [0.2, 0.25) is 5.02 Å². The van der Waals surface area contributed by atoms with Gasteiger partial charge < -0.3 is 10.2 Å². The lowest BCUT2D eigenvalue weighted by atomic mass is 9.95. The summed E-state index contributed by atoms with van der Waals surface area (Å²) in [5, 5.41) is 3.60. The van der Waals surface area contributed by atoms with Crippen molar-refractivity contribution in [2.75, 3.05) is 6.54 Å². The number of halogens is 2. The van der Waals surface area contributed by atoms with Gasteiger partial charge in [-0.1, -0.05) is 63.8 Å². The molecule has 36 heavy (non-hydrogen) atoms. The van der Waals surface area contributed by atoms with Crippen molar-refractivity contribution in [3.63, 3.8) is 0 Å². The van der Waals surface area contributed by atoms with E-state index in [4.69, 9.17) is 16.6 Å². The maximum atomic E-state index is 14.0. The van der Waals surface area contributed by atoms with Crippen molar-refractivity contribution in [2.24, 2.45) is 5.92 Å². The third-order valence-corrected chi connectivity index (χ3v) is 7.07. The molecular formula is C28H34ClFN4O2. The lowest BCUT2D eigenvalue weighted by Gasteiger charge is -2.35. The van der Waals surface area contributed by atoms with Crippen molar-refractivity contribution in [1.29, 1.82) is 0 Å². The molecule has 192 valence electrons. The number of hydrogen-bond acceptors (Lipinski definition) is 3. The maximum Gasteiger partial charge on any atom is 0.318 e. The van der Waals surface area contributed by atoms with E-state index in [0.717, 1.165) is 25.7 Å². The Labute approximate surface area is 216 Å². The molecule has 8 heteroatoms. The first-order valence-corrected chi connectivity index (χ1v) is 13.2. The van der Waals surface area contributed by atoms with E-state index in [2.05, 4.69) is 19.2 Å². The molecule has 0 aliphatic heterocycles. The summed E-state index contributed by atoms with van der Waals surface area (Å²) in [7, 11) is 0. The van der Waals surface area contributed by atoms with Gasteiger partial charge in [-0.3, -0.25) is 9.36 Å². The quantitative estimate of drug-likeness (QED) is 0.386. The van der Waals surface area contributed by atoms with Gasteiger partial charge in [0.05, 0.1) is 27.7 Å². The molecule has 0 saturated heterocycles. The number of nitrogens with zero attached hydrogens (tertiary/aromatic N) is 3. The molecule has 1 fully saturated rings. The number of carbonyl (C=O) groups is 1. The number of rotatable bonds is 7. The minimum atomic E-state index is -0.566. The zero-order valence-electron chi connectivity index (χ0n) is 21.1. The monoisotopic (exact) mass is 512 g/mol. The molecule has 1 N–H and O–H groups in total. The fraction of sp³-hybridized carbons (Fsp3) is 0.464. The molecule has 0 radical (unpaired) electrons. The van der Waals surface area contributed by atoms with Gasteiger partial charge in [0.15, 0.2) is 0 Å². The number of hydrogen-bond donors (Lipinski definition) is 1. The van der Waals surface area contributed by atoms with Crippen LogP contribution in [0.5, 0.6) is 0 Å². The number of amides is 2. The number of carbonyl (C=O) groups excluding carboxylic acids is 1. The van der Waals surface area contributed by atoms with Crippen LogP contribution in [0, 0.1) is 11.7 Å². The average Bonchev–Trinajstić information content (AvgIpc) is 2.86. The van der Waals surface area contributed by atoms with Crippen LogP contribution < -0.4 is 10.9 Å². The minimum Gasteiger partial charge on any atom is -0.335 e. The summed E-state index contributed by atoms with van der Waals surface area (Å²) >= 11 is 6.11. The standard InChI is InChI=1S/C28H34ClFN4O2/c1-4-25(33(17-18(2)3)28(36)31-19-10-6-5-7-11-19)26-32-24-13-9-8-12-21(24)27(35)34(26)20-14-15-23(30)22(29)16-20/h8-9,12-16,18-19,25H,4-7,10-11,17H2,1-3H3,(H,31,36). The molecule has 4 rings (SSSR count). The molecule has 1 saturated carbocycles. The van der Waals surface area contributed by atoms with E-state index in [9.17, 15) is 14.0 Å². The summed E-state index contributed by atoms with van der Waals surface area (Å²) in [5.74, 6) is 0.0736.